The van der Waals surface area contributed by atoms with Gasteiger partial charge in [0, 0.05) is 5.54 Å². The summed E-state index contributed by atoms with van der Waals surface area (Å²) in [4.78, 5) is 0. The molecule has 15 heavy (non-hydrogen) atoms. The molecule has 3 heteroatoms. The topological polar surface area (TPSA) is 46.2 Å². The highest BCUT2D eigenvalue weighted by Crippen LogP contribution is 2.37. The fourth-order valence-corrected chi connectivity index (χ4v) is 2.32. The number of halogens is 1. The lowest BCUT2D eigenvalue weighted by Gasteiger charge is -2.30. The summed E-state index contributed by atoms with van der Waals surface area (Å²) < 4.78 is 13.0. The molecule has 82 valence electrons. The first-order valence-electron chi connectivity index (χ1n) is 5.34. The Morgan fingerprint density at radius 3 is 2.60 bits per heavy atom. The van der Waals surface area contributed by atoms with E-state index in [9.17, 15) is 9.50 Å². The minimum Gasteiger partial charge on any atom is -0.386 e. The molecule has 1 fully saturated rings. The smallest absolute Gasteiger partial charge is 0.123 e. The van der Waals surface area contributed by atoms with Crippen molar-refractivity contribution < 1.29 is 9.50 Å². The van der Waals surface area contributed by atoms with Crippen LogP contribution in [-0.2, 0) is 0 Å². The number of hydrogen-bond donors (Lipinski definition) is 2. The number of aliphatic hydroxyl groups is 1. The summed E-state index contributed by atoms with van der Waals surface area (Å²) in [6, 6.07) is 6.05. The van der Waals surface area contributed by atoms with Crippen LogP contribution in [0, 0.1) is 5.82 Å². The normalized spacial score (nSPS) is 21.5. The van der Waals surface area contributed by atoms with Gasteiger partial charge in [0.2, 0.25) is 0 Å². The van der Waals surface area contributed by atoms with Gasteiger partial charge in [0.05, 0.1) is 6.10 Å². The van der Waals surface area contributed by atoms with E-state index >= 15 is 0 Å². The molecular formula is C12H16FNO. The van der Waals surface area contributed by atoms with E-state index in [2.05, 4.69) is 0 Å². The van der Waals surface area contributed by atoms with Gasteiger partial charge in [-0.15, -0.1) is 0 Å². The molecule has 1 atom stereocenters. The van der Waals surface area contributed by atoms with Crippen molar-refractivity contribution in [2.24, 2.45) is 5.73 Å². The monoisotopic (exact) mass is 209 g/mol. The molecule has 2 rings (SSSR count). The van der Waals surface area contributed by atoms with Crippen LogP contribution in [0.2, 0.25) is 0 Å². The zero-order valence-corrected chi connectivity index (χ0v) is 8.62. The molecule has 0 spiro atoms. The first kappa shape index (κ1) is 10.6. The highest BCUT2D eigenvalue weighted by molar-refractivity contribution is 5.22. The van der Waals surface area contributed by atoms with Crippen molar-refractivity contribution in [3.8, 4) is 0 Å². The lowest BCUT2D eigenvalue weighted by Crippen LogP contribution is -2.43. The second-order valence-corrected chi connectivity index (χ2v) is 4.40. The predicted molar refractivity (Wildman–Crippen MR) is 56.7 cm³/mol. The van der Waals surface area contributed by atoms with Crippen LogP contribution in [0.25, 0.3) is 0 Å². The SMILES string of the molecule is NC1(C(O)c2cccc(F)c2)CCCC1. The zero-order chi connectivity index (χ0) is 10.9. The fraction of sp³-hybridized carbons (Fsp3) is 0.500. The molecule has 1 unspecified atom stereocenters. The van der Waals surface area contributed by atoms with Crippen LogP contribution in [0.15, 0.2) is 24.3 Å². The average molecular weight is 209 g/mol. The third kappa shape index (κ3) is 2.03. The molecular weight excluding hydrogens is 193 g/mol. The van der Waals surface area contributed by atoms with E-state index in [-0.39, 0.29) is 5.82 Å². The summed E-state index contributed by atoms with van der Waals surface area (Å²) in [5.74, 6) is -0.326. The highest BCUT2D eigenvalue weighted by atomic mass is 19.1. The summed E-state index contributed by atoms with van der Waals surface area (Å²) in [5, 5.41) is 10.1. The van der Waals surface area contributed by atoms with Crippen molar-refractivity contribution in [2.45, 2.75) is 37.3 Å². The Bertz CT molecular complexity index is 347. The standard InChI is InChI=1S/C12H16FNO/c13-10-5-3-4-9(8-10)11(15)12(14)6-1-2-7-12/h3-5,8,11,15H,1-2,6-7,14H2. The van der Waals surface area contributed by atoms with Crippen LogP contribution in [0.1, 0.15) is 37.4 Å². The summed E-state index contributed by atoms with van der Waals surface area (Å²) in [6.07, 6.45) is 2.96. The third-order valence-electron chi connectivity index (χ3n) is 3.24. The molecule has 0 amide bonds. The second-order valence-electron chi connectivity index (χ2n) is 4.40. The van der Waals surface area contributed by atoms with Gasteiger partial charge in [-0.05, 0) is 30.5 Å². The van der Waals surface area contributed by atoms with Crippen molar-refractivity contribution in [3.05, 3.63) is 35.6 Å². The highest BCUT2D eigenvalue weighted by Gasteiger charge is 2.37. The second kappa shape index (κ2) is 3.91. The largest absolute Gasteiger partial charge is 0.386 e. The average Bonchev–Trinajstić information content (AvgIpc) is 2.65. The molecule has 0 radical (unpaired) electrons. The van der Waals surface area contributed by atoms with Crippen LogP contribution >= 0.6 is 0 Å². The van der Waals surface area contributed by atoms with Gasteiger partial charge in [0.25, 0.3) is 0 Å². The van der Waals surface area contributed by atoms with E-state index in [1.165, 1.54) is 12.1 Å². The van der Waals surface area contributed by atoms with Crippen LogP contribution in [0.5, 0.6) is 0 Å². The molecule has 0 aromatic heterocycles. The number of rotatable bonds is 2. The van der Waals surface area contributed by atoms with Crippen LogP contribution in [0.3, 0.4) is 0 Å². The Balaban J connectivity index is 2.23. The molecule has 0 aliphatic heterocycles. The Morgan fingerprint density at radius 2 is 2.00 bits per heavy atom. The van der Waals surface area contributed by atoms with E-state index in [0.717, 1.165) is 25.7 Å². The molecule has 2 nitrogen and oxygen atoms in total. The summed E-state index contributed by atoms with van der Waals surface area (Å²) in [7, 11) is 0. The number of aliphatic hydroxyl groups excluding tert-OH is 1. The Kier molecular flexibility index (Phi) is 2.76. The maximum atomic E-state index is 13.0. The Morgan fingerprint density at radius 1 is 1.33 bits per heavy atom. The molecule has 1 aliphatic carbocycles. The Hall–Kier alpha value is -0.930. The number of benzene rings is 1. The van der Waals surface area contributed by atoms with E-state index in [4.69, 9.17) is 5.73 Å². The van der Waals surface area contributed by atoms with Gasteiger partial charge < -0.3 is 10.8 Å². The summed E-state index contributed by atoms with van der Waals surface area (Å²) in [5.41, 5.74) is 6.13. The van der Waals surface area contributed by atoms with Crippen molar-refractivity contribution in [2.75, 3.05) is 0 Å². The Labute approximate surface area is 88.9 Å². The van der Waals surface area contributed by atoms with E-state index in [1.807, 2.05) is 0 Å². The van der Waals surface area contributed by atoms with Crippen molar-refractivity contribution >= 4 is 0 Å². The lowest BCUT2D eigenvalue weighted by atomic mass is 9.87. The van der Waals surface area contributed by atoms with Crippen molar-refractivity contribution in [1.29, 1.82) is 0 Å². The molecule has 1 aliphatic rings. The first-order valence-corrected chi connectivity index (χ1v) is 5.34. The molecule has 1 saturated carbocycles. The molecule has 0 heterocycles. The van der Waals surface area contributed by atoms with Crippen molar-refractivity contribution in [1.82, 2.24) is 0 Å². The van der Waals surface area contributed by atoms with E-state index < -0.39 is 11.6 Å². The van der Waals surface area contributed by atoms with Crippen LogP contribution in [0.4, 0.5) is 4.39 Å². The van der Waals surface area contributed by atoms with E-state index in [1.54, 1.807) is 12.1 Å². The fourth-order valence-electron chi connectivity index (χ4n) is 2.32. The molecule has 1 aromatic carbocycles. The number of nitrogens with two attached hydrogens (primary N) is 1. The summed E-state index contributed by atoms with van der Waals surface area (Å²) in [6.45, 7) is 0. The number of hydrogen-bond acceptors (Lipinski definition) is 2. The molecule has 0 saturated heterocycles. The maximum Gasteiger partial charge on any atom is 0.123 e. The quantitative estimate of drug-likeness (QED) is 0.783. The van der Waals surface area contributed by atoms with Gasteiger partial charge in [-0.3, -0.25) is 0 Å². The van der Waals surface area contributed by atoms with Gasteiger partial charge in [0.1, 0.15) is 5.82 Å². The molecule has 3 N–H and O–H groups in total. The van der Waals surface area contributed by atoms with Gasteiger partial charge in [-0.2, -0.15) is 0 Å². The van der Waals surface area contributed by atoms with E-state index in [0.29, 0.717) is 5.56 Å². The minimum absolute atomic E-state index is 0.326. The third-order valence-corrected chi connectivity index (χ3v) is 3.24. The van der Waals surface area contributed by atoms with Crippen LogP contribution in [-0.4, -0.2) is 10.6 Å². The lowest BCUT2D eigenvalue weighted by molar-refractivity contribution is 0.0869. The van der Waals surface area contributed by atoms with Gasteiger partial charge >= 0.3 is 0 Å². The van der Waals surface area contributed by atoms with Gasteiger partial charge in [-0.1, -0.05) is 25.0 Å². The summed E-state index contributed by atoms with van der Waals surface area (Å²) >= 11 is 0. The van der Waals surface area contributed by atoms with Gasteiger partial charge in [0.15, 0.2) is 0 Å². The van der Waals surface area contributed by atoms with Gasteiger partial charge in [-0.25, -0.2) is 4.39 Å². The zero-order valence-electron chi connectivity index (χ0n) is 8.62. The maximum absolute atomic E-state index is 13.0. The minimum atomic E-state index is -0.754. The molecule has 0 bridgehead atoms. The molecule has 1 aromatic rings. The van der Waals surface area contributed by atoms with Crippen molar-refractivity contribution in [3.63, 3.8) is 0 Å². The predicted octanol–water partition coefficient (Wildman–Crippen LogP) is 2.13. The first-order chi connectivity index (χ1) is 7.12. The van der Waals surface area contributed by atoms with Crippen LogP contribution < -0.4 is 5.73 Å².